The second-order valence-electron chi connectivity index (χ2n) is 4.93. The maximum atomic E-state index is 12.2. The number of rotatable bonds is 4. The van der Waals surface area contributed by atoms with Gasteiger partial charge in [-0.15, -0.1) is 0 Å². The van der Waals surface area contributed by atoms with Crippen LogP contribution in [0.5, 0.6) is 5.75 Å². The molecular weight excluding hydrogens is 242 g/mol. The molecule has 4 heteroatoms. The van der Waals surface area contributed by atoms with Crippen LogP contribution in [0.4, 0.5) is 5.69 Å². The molecule has 0 aliphatic heterocycles. The molecule has 1 fully saturated rings. The van der Waals surface area contributed by atoms with Gasteiger partial charge in [0.1, 0.15) is 5.75 Å². The number of amides is 1. The average molecular weight is 263 g/mol. The van der Waals surface area contributed by atoms with Crippen LogP contribution in [0.15, 0.2) is 24.3 Å². The topological polar surface area (TPSA) is 47.6 Å². The van der Waals surface area contributed by atoms with Crippen LogP contribution in [0.2, 0.25) is 0 Å². The minimum atomic E-state index is 0.0950. The van der Waals surface area contributed by atoms with Crippen LogP contribution in [0.3, 0.4) is 0 Å². The van der Waals surface area contributed by atoms with Gasteiger partial charge in [0.05, 0.1) is 13.2 Å². The van der Waals surface area contributed by atoms with E-state index in [9.17, 15) is 4.79 Å². The van der Waals surface area contributed by atoms with Gasteiger partial charge >= 0.3 is 0 Å². The van der Waals surface area contributed by atoms with E-state index in [-0.39, 0.29) is 11.8 Å². The van der Waals surface area contributed by atoms with Gasteiger partial charge in [0, 0.05) is 24.8 Å². The highest BCUT2D eigenvalue weighted by atomic mass is 16.5. The lowest BCUT2D eigenvalue weighted by Gasteiger charge is -2.26. The van der Waals surface area contributed by atoms with E-state index in [0.29, 0.717) is 6.10 Å². The predicted octanol–water partition coefficient (Wildman–Crippen LogP) is 2.84. The van der Waals surface area contributed by atoms with Crippen LogP contribution in [-0.4, -0.2) is 26.2 Å². The number of ether oxygens (including phenoxy) is 2. The fourth-order valence-corrected chi connectivity index (χ4v) is 2.51. The molecule has 1 N–H and O–H groups in total. The lowest BCUT2D eigenvalue weighted by molar-refractivity contribution is -0.121. The molecule has 0 atom stereocenters. The molecular formula is C15H21NO3. The Labute approximate surface area is 114 Å². The molecule has 1 aliphatic rings. The van der Waals surface area contributed by atoms with Crippen molar-refractivity contribution in [3.05, 3.63) is 24.3 Å². The maximum absolute atomic E-state index is 12.2. The van der Waals surface area contributed by atoms with Crippen LogP contribution >= 0.6 is 0 Å². The summed E-state index contributed by atoms with van der Waals surface area (Å²) < 4.78 is 10.5. The van der Waals surface area contributed by atoms with Crippen molar-refractivity contribution in [2.45, 2.75) is 31.8 Å². The largest absolute Gasteiger partial charge is 0.497 e. The van der Waals surface area contributed by atoms with Crippen molar-refractivity contribution in [3.8, 4) is 5.75 Å². The van der Waals surface area contributed by atoms with Crippen molar-refractivity contribution in [1.29, 1.82) is 0 Å². The van der Waals surface area contributed by atoms with Crippen LogP contribution < -0.4 is 10.1 Å². The van der Waals surface area contributed by atoms with E-state index in [1.165, 1.54) is 0 Å². The first-order valence-corrected chi connectivity index (χ1v) is 6.70. The molecule has 0 radical (unpaired) electrons. The van der Waals surface area contributed by atoms with E-state index in [1.54, 1.807) is 14.2 Å². The van der Waals surface area contributed by atoms with Crippen LogP contribution in [-0.2, 0) is 9.53 Å². The minimum Gasteiger partial charge on any atom is -0.497 e. The van der Waals surface area contributed by atoms with E-state index in [2.05, 4.69) is 5.32 Å². The van der Waals surface area contributed by atoms with Gasteiger partial charge in [-0.05, 0) is 37.8 Å². The molecule has 0 aromatic heterocycles. The van der Waals surface area contributed by atoms with Crippen molar-refractivity contribution < 1.29 is 14.3 Å². The molecule has 104 valence electrons. The smallest absolute Gasteiger partial charge is 0.227 e. The highest BCUT2D eigenvalue weighted by Gasteiger charge is 2.26. The number of nitrogens with one attached hydrogen (secondary N) is 1. The Kier molecular flexibility index (Phi) is 4.80. The van der Waals surface area contributed by atoms with Gasteiger partial charge < -0.3 is 14.8 Å². The monoisotopic (exact) mass is 263 g/mol. The van der Waals surface area contributed by atoms with Gasteiger partial charge in [0.2, 0.25) is 5.91 Å². The van der Waals surface area contributed by atoms with Gasteiger partial charge in [0.25, 0.3) is 0 Å². The maximum Gasteiger partial charge on any atom is 0.227 e. The number of benzene rings is 1. The first-order chi connectivity index (χ1) is 9.22. The summed E-state index contributed by atoms with van der Waals surface area (Å²) >= 11 is 0. The molecule has 0 spiro atoms. The number of carbonyl (C=O) groups excluding carboxylic acids is 1. The summed E-state index contributed by atoms with van der Waals surface area (Å²) in [6.07, 6.45) is 4.04. The molecule has 1 aliphatic carbocycles. The van der Waals surface area contributed by atoms with E-state index in [0.717, 1.165) is 37.1 Å². The molecule has 0 unspecified atom stereocenters. The van der Waals surface area contributed by atoms with Crippen molar-refractivity contribution in [3.63, 3.8) is 0 Å². The minimum absolute atomic E-state index is 0.0950. The summed E-state index contributed by atoms with van der Waals surface area (Å²) in [4.78, 5) is 12.2. The summed E-state index contributed by atoms with van der Waals surface area (Å²) in [5, 5.41) is 2.96. The van der Waals surface area contributed by atoms with E-state index >= 15 is 0 Å². The Morgan fingerprint density at radius 2 is 1.95 bits per heavy atom. The van der Waals surface area contributed by atoms with Crippen molar-refractivity contribution in [1.82, 2.24) is 0 Å². The Morgan fingerprint density at radius 3 is 2.58 bits per heavy atom. The van der Waals surface area contributed by atoms with Crippen molar-refractivity contribution >= 4 is 11.6 Å². The van der Waals surface area contributed by atoms with Gasteiger partial charge in [0.15, 0.2) is 0 Å². The zero-order chi connectivity index (χ0) is 13.7. The van der Waals surface area contributed by atoms with Gasteiger partial charge in [-0.25, -0.2) is 0 Å². The molecule has 1 amide bonds. The average Bonchev–Trinajstić information content (AvgIpc) is 2.47. The Hall–Kier alpha value is -1.55. The normalized spacial score (nSPS) is 22.8. The van der Waals surface area contributed by atoms with Crippen LogP contribution in [0.25, 0.3) is 0 Å². The fraction of sp³-hybridized carbons (Fsp3) is 0.533. The second-order valence-corrected chi connectivity index (χ2v) is 4.93. The van der Waals surface area contributed by atoms with E-state index < -0.39 is 0 Å². The summed E-state index contributed by atoms with van der Waals surface area (Å²) in [5.74, 6) is 0.946. The molecule has 0 heterocycles. The first-order valence-electron chi connectivity index (χ1n) is 6.70. The van der Waals surface area contributed by atoms with Crippen molar-refractivity contribution in [2.75, 3.05) is 19.5 Å². The summed E-state index contributed by atoms with van der Waals surface area (Å²) in [6.45, 7) is 0. The zero-order valence-electron chi connectivity index (χ0n) is 11.5. The van der Waals surface area contributed by atoms with Gasteiger partial charge in [-0.1, -0.05) is 6.07 Å². The quantitative estimate of drug-likeness (QED) is 0.908. The number of hydrogen-bond acceptors (Lipinski definition) is 3. The molecule has 0 bridgehead atoms. The molecule has 19 heavy (non-hydrogen) atoms. The summed E-state index contributed by atoms with van der Waals surface area (Å²) in [6, 6.07) is 7.44. The number of carbonyl (C=O) groups is 1. The molecule has 2 rings (SSSR count). The molecule has 1 saturated carbocycles. The van der Waals surface area contributed by atoms with Gasteiger partial charge in [-0.2, -0.15) is 0 Å². The number of hydrogen-bond donors (Lipinski definition) is 1. The third-order valence-electron chi connectivity index (χ3n) is 3.72. The highest BCUT2D eigenvalue weighted by Crippen LogP contribution is 2.27. The van der Waals surface area contributed by atoms with Crippen LogP contribution in [0.1, 0.15) is 25.7 Å². The Morgan fingerprint density at radius 1 is 1.21 bits per heavy atom. The molecule has 1 aromatic carbocycles. The third-order valence-corrected chi connectivity index (χ3v) is 3.72. The standard InChI is InChI=1S/C15H21NO3/c1-18-13-8-6-11(7-9-13)15(17)16-12-4-3-5-14(10-12)19-2/h3-5,10-11,13H,6-9H2,1-2H3,(H,16,17). The fourth-order valence-electron chi connectivity index (χ4n) is 2.51. The third kappa shape index (κ3) is 3.70. The second kappa shape index (κ2) is 6.57. The Bertz CT molecular complexity index is 425. The molecule has 1 aromatic rings. The van der Waals surface area contributed by atoms with E-state index in [4.69, 9.17) is 9.47 Å². The van der Waals surface area contributed by atoms with Gasteiger partial charge in [-0.3, -0.25) is 4.79 Å². The highest BCUT2D eigenvalue weighted by molar-refractivity contribution is 5.92. The SMILES string of the molecule is COc1cccc(NC(=O)C2CCC(OC)CC2)c1. The number of anilines is 1. The predicted molar refractivity (Wildman–Crippen MR) is 74.4 cm³/mol. The first kappa shape index (κ1) is 13.9. The lowest BCUT2D eigenvalue weighted by atomic mass is 9.87. The number of methoxy groups -OCH3 is 2. The van der Waals surface area contributed by atoms with Crippen LogP contribution in [0, 0.1) is 5.92 Å². The summed E-state index contributed by atoms with van der Waals surface area (Å²) in [5.41, 5.74) is 0.790. The summed E-state index contributed by atoms with van der Waals surface area (Å²) in [7, 11) is 3.36. The zero-order valence-corrected chi connectivity index (χ0v) is 11.5. The van der Waals surface area contributed by atoms with Crippen molar-refractivity contribution in [2.24, 2.45) is 5.92 Å². The van der Waals surface area contributed by atoms with E-state index in [1.807, 2.05) is 24.3 Å². The lowest BCUT2D eigenvalue weighted by Crippen LogP contribution is -2.29. The Balaban J connectivity index is 1.90. The molecule has 0 saturated heterocycles. The molecule has 4 nitrogen and oxygen atoms in total.